The summed E-state index contributed by atoms with van der Waals surface area (Å²) in [5.74, 6) is -0.260. The van der Waals surface area contributed by atoms with Gasteiger partial charge in [-0.05, 0) is 53.2 Å². The van der Waals surface area contributed by atoms with Crippen molar-refractivity contribution in [1.29, 1.82) is 0 Å². The number of hydrogen-bond donors (Lipinski definition) is 1. The standard InChI is InChI=1S/C13H12BrFN2/c1-9-3-2-4-11(17-9)8-16-10-5-6-13(15)12(14)7-10/h2-7,16H,8H2,1H3. The molecule has 0 aliphatic rings. The van der Waals surface area contributed by atoms with E-state index in [-0.39, 0.29) is 5.82 Å². The van der Waals surface area contributed by atoms with Crippen LogP contribution in [0.4, 0.5) is 10.1 Å². The maximum Gasteiger partial charge on any atom is 0.137 e. The first-order valence-electron chi connectivity index (χ1n) is 5.26. The third-order valence-corrected chi connectivity index (χ3v) is 2.95. The maximum atomic E-state index is 13.0. The van der Waals surface area contributed by atoms with Crippen LogP contribution in [0.25, 0.3) is 0 Å². The number of halogens is 2. The van der Waals surface area contributed by atoms with E-state index in [1.54, 1.807) is 12.1 Å². The average molecular weight is 295 g/mol. The molecule has 4 heteroatoms. The molecule has 0 radical (unpaired) electrons. The lowest BCUT2D eigenvalue weighted by Gasteiger charge is -2.07. The predicted molar refractivity (Wildman–Crippen MR) is 70.4 cm³/mol. The molecule has 0 fully saturated rings. The molecule has 17 heavy (non-hydrogen) atoms. The van der Waals surface area contributed by atoms with Gasteiger partial charge in [0.15, 0.2) is 0 Å². The summed E-state index contributed by atoms with van der Waals surface area (Å²) < 4.78 is 13.5. The minimum absolute atomic E-state index is 0.260. The van der Waals surface area contributed by atoms with Gasteiger partial charge in [-0.3, -0.25) is 4.98 Å². The number of benzene rings is 1. The molecular formula is C13H12BrFN2. The van der Waals surface area contributed by atoms with E-state index in [0.717, 1.165) is 17.1 Å². The fraction of sp³-hybridized carbons (Fsp3) is 0.154. The van der Waals surface area contributed by atoms with E-state index in [9.17, 15) is 4.39 Å². The van der Waals surface area contributed by atoms with E-state index >= 15 is 0 Å². The minimum Gasteiger partial charge on any atom is -0.379 e. The number of aromatic nitrogens is 1. The number of nitrogens with zero attached hydrogens (tertiary/aromatic N) is 1. The number of rotatable bonds is 3. The Balaban J connectivity index is 2.05. The summed E-state index contributed by atoms with van der Waals surface area (Å²) in [4.78, 5) is 4.38. The van der Waals surface area contributed by atoms with Gasteiger partial charge in [0.05, 0.1) is 16.7 Å². The molecule has 0 bridgehead atoms. The lowest BCUT2D eigenvalue weighted by Crippen LogP contribution is -2.02. The van der Waals surface area contributed by atoms with Gasteiger partial charge in [0, 0.05) is 11.4 Å². The number of nitrogens with one attached hydrogen (secondary N) is 1. The molecule has 0 aliphatic carbocycles. The van der Waals surface area contributed by atoms with Crippen LogP contribution in [0.1, 0.15) is 11.4 Å². The van der Waals surface area contributed by atoms with Crippen LogP contribution in [0, 0.1) is 12.7 Å². The van der Waals surface area contributed by atoms with Crippen LogP contribution >= 0.6 is 15.9 Å². The van der Waals surface area contributed by atoms with Gasteiger partial charge >= 0.3 is 0 Å². The Morgan fingerprint density at radius 3 is 2.82 bits per heavy atom. The zero-order valence-electron chi connectivity index (χ0n) is 9.37. The Labute approximate surface area is 108 Å². The van der Waals surface area contributed by atoms with Crippen LogP contribution in [-0.4, -0.2) is 4.98 Å². The van der Waals surface area contributed by atoms with E-state index in [2.05, 4.69) is 26.2 Å². The molecule has 1 heterocycles. The summed E-state index contributed by atoms with van der Waals surface area (Å²) in [5, 5.41) is 3.20. The average Bonchev–Trinajstić information content (AvgIpc) is 2.31. The SMILES string of the molecule is Cc1cccc(CNc2ccc(F)c(Br)c2)n1. The quantitative estimate of drug-likeness (QED) is 0.928. The molecule has 1 aromatic carbocycles. The highest BCUT2D eigenvalue weighted by Crippen LogP contribution is 2.20. The van der Waals surface area contributed by atoms with Crippen LogP contribution < -0.4 is 5.32 Å². The van der Waals surface area contributed by atoms with Crippen molar-refractivity contribution < 1.29 is 4.39 Å². The Bertz CT molecular complexity index is 529. The molecule has 1 aromatic heterocycles. The van der Waals surface area contributed by atoms with Gasteiger partial charge < -0.3 is 5.32 Å². The lowest BCUT2D eigenvalue weighted by atomic mass is 10.3. The smallest absolute Gasteiger partial charge is 0.137 e. The van der Waals surface area contributed by atoms with Gasteiger partial charge in [-0.2, -0.15) is 0 Å². The normalized spacial score (nSPS) is 10.3. The van der Waals surface area contributed by atoms with E-state index in [4.69, 9.17) is 0 Å². The number of anilines is 1. The maximum absolute atomic E-state index is 13.0. The van der Waals surface area contributed by atoms with Gasteiger partial charge in [0.2, 0.25) is 0 Å². The van der Waals surface area contributed by atoms with Gasteiger partial charge in [0.1, 0.15) is 5.82 Å². The van der Waals surface area contributed by atoms with E-state index in [0.29, 0.717) is 11.0 Å². The summed E-state index contributed by atoms with van der Waals surface area (Å²) in [5.41, 5.74) is 2.82. The van der Waals surface area contributed by atoms with Crippen molar-refractivity contribution in [2.24, 2.45) is 0 Å². The highest BCUT2D eigenvalue weighted by atomic mass is 79.9. The second-order valence-electron chi connectivity index (χ2n) is 3.75. The first-order chi connectivity index (χ1) is 8.15. The summed E-state index contributed by atoms with van der Waals surface area (Å²) in [6.07, 6.45) is 0. The molecule has 88 valence electrons. The minimum atomic E-state index is -0.260. The third kappa shape index (κ3) is 3.27. The lowest BCUT2D eigenvalue weighted by molar-refractivity contribution is 0.621. The largest absolute Gasteiger partial charge is 0.379 e. The van der Waals surface area contributed by atoms with Crippen molar-refractivity contribution in [3.8, 4) is 0 Å². The third-order valence-electron chi connectivity index (χ3n) is 2.34. The van der Waals surface area contributed by atoms with Crippen molar-refractivity contribution in [1.82, 2.24) is 4.98 Å². The summed E-state index contributed by atoms with van der Waals surface area (Å²) in [7, 11) is 0. The first kappa shape index (κ1) is 12.0. The van der Waals surface area contributed by atoms with Gasteiger partial charge in [-0.15, -0.1) is 0 Å². The number of aryl methyl sites for hydroxylation is 1. The molecule has 0 saturated carbocycles. The number of hydrogen-bond acceptors (Lipinski definition) is 2. The zero-order chi connectivity index (χ0) is 12.3. The van der Waals surface area contributed by atoms with Crippen LogP contribution in [0.5, 0.6) is 0 Å². The highest BCUT2D eigenvalue weighted by molar-refractivity contribution is 9.10. The molecule has 0 amide bonds. The van der Waals surface area contributed by atoms with Crippen molar-refractivity contribution in [2.45, 2.75) is 13.5 Å². The van der Waals surface area contributed by atoms with Gasteiger partial charge in [0.25, 0.3) is 0 Å². The van der Waals surface area contributed by atoms with Crippen molar-refractivity contribution in [3.05, 3.63) is 58.1 Å². The number of pyridine rings is 1. The van der Waals surface area contributed by atoms with Crippen molar-refractivity contribution in [2.75, 3.05) is 5.32 Å². The molecule has 0 saturated heterocycles. The molecular weight excluding hydrogens is 283 g/mol. The topological polar surface area (TPSA) is 24.9 Å². The molecule has 2 rings (SSSR count). The Kier molecular flexibility index (Phi) is 3.74. The molecule has 2 nitrogen and oxygen atoms in total. The van der Waals surface area contributed by atoms with E-state index in [1.807, 2.05) is 25.1 Å². The molecule has 2 aromatic rings. The van der Waals surface area contributed by atoms with Crippen LogP contribution in [-0.2, 0) is 6.54 Å². The van der Waals surface area contributed by atoms with Crippen LogP contribution in [0.3, 0.4) is 0 Å². The summed E-state index contributed by atoms with van der Waals surface area (Å²) in [6, 6.07) is 10.7. The second kappa shape index (κ2) is 5.27. The molecule has 0 spiro atoms. The molecule has 0 atom stereocenters. The van der Waals surface area contributed by atoms with Gasteiger partial charge in [-0.1, -0.05) is 6.07 Å². The molecule has 0 unspecified atom stereocenters. The highest BCUT2D eigenvalue weighted by Gasteiger charge is 2.00. The van der Waals surface area contributed by atoms with Crippen molar-refractivity contribution >= 4 is 21.6 Å². The van der Waals surface area contributed by atoms with Crippen LogP contribution in [0.15, 0.2) is 40.9 Å². The van der Waals surface area contributed by atoms with Gasteiger partial charge in [-0.25, -0.2) is 4.39 Å². The Hall–Kier alpha value is -1.42. The first-order valence-corrected chi connectivity index (χ1v) is 6.06. The van der Waals surface area contributed by atoms with E-state index < -0.39 is 0 Å². The predicted octanol–water partition coefficient (Wildman–Crippen LogP) is 3.90. The molecule has 0 aliphatic heterocycles. The summed E-state index contributed by atoms with van der Waals surface area (Å²) in [6.45, 7) is 2.58. The monoisotopic (exact) mass is 294 g/mol. The second-order valence-corrected chi connectivity index (χ2v) is 4.61. The summed E-state index contributed by atoms with van der Waals surface area (Å²) >= 11 is 3.15. The molecule has 1 N–H and O–H groups in total. The Morgan fingerprint density at radius 1 is 1.29 bits per heavy atom. The van der Waals surface area contributed by atoms with E-state index in [1.165, 1.54) is 6.07 Å². The fourth-order valence-electron chi connectivity index (χ4n) is 1.50. The Morgan fingerprint density at radius 2 is 2.12 bits per heavy atom. The zero-order valence-corrected chi connectivity index (χ0v) is 11.0. The van der Waals surface area contributed by atoms with Crippen LogP contribution in [0.2, 0.25) is 0 Å². The van der Waals surface area contributed by atoms with Crippen molar-refractivity contribution in [3.63, 3.8) is 0 Å². The fourth-order valence-corrected chi connectivity index (χ4v) is 1.88.